The molecule has 0 radical (unpaired) electrons. The molecule has 1 unspecified atom stereocenters. The van der Waals surface area contributed by atoms with E-state index in [-0.39, 0.29) is 0 Å². The van der Waals surface area contributed by atoms with Gasteiger partial charge in [-0.05, 0) is 93.3 Å². The van der Waals surface area contributed by atoms with Crippen molar-refractivity contribution < 1.29 is 0 Å². The highest BCUT2D eigenvalue weighted by atomic mass is 32.1. The molecule has 4 heterocycles. The quantitative estimate of drug-likeness (QED) is 0.239. The molecule has 1 aliphatic carbocycles. The lowest BCUT2D eigenvalue weighted by Gasteiger charge is -2.10. The largest absolute Gasteiger partial charge is 0.343 e. The van der Waals surface area contributed by atoms with E-state index >= 15 is 0 Å². The van der Waals surface area contributed by atoms with Crippen molar-refractivity contribution in [3.63, 3.8) is 0 Å². The summed E-state index contributed by atoms with van der Waals surface area (Å²) in [7, 11) is 4.39. The first kappa shape index (κ1) is 24.1. The first-order valence-electron chi connectivity index (χ1n) is 12.7. The summed E-state index contributed by atoms with van der Waals surface area (Å²) in [4.78, 5) is 5.75. The first-order valence-corrected chi connectivity index (χ1v) is 14.4. The molecule has 4 aromatic rings. The molecule has 0 N–H and O–H groups in total. The molecule has 1 aliphatic rings. The van der Waals surface area contributed by atoms with Crippen molar-refractivity contribution in [3.8, 4) is 30.9 Å². The molecular formula is C31H36N2S2. The second kappa shape index (κ2) is 9.48. The van der Waals surface area contributed by atoms with Crippen LogP contribution in [0.25, 0.3) is 43.0 Å². The van der Waals surface area contributed by atoms with Gasteiger partial charge >= 0.3 is 0 Å². The third-order valence-corrected chi connectivity index (χ3v) is 9.78. The highest BCUT2D eigenvalue weighted by molar-refractivity contribution is 7.25. The lowest BCUT2D eigenvalue weighted by Crippen LogP contribution is -1.96. The molecule has 0 fully saturated rings. The third-order valence-electron chi connectivity index (χ3n) is 7.27. The highest BCUT2D eigenvalue weighted by Crippen LogP contribution is 2.57. The summed E-state index contributed by atoms with van der Waals surface area (Å²) in [5, 5.41) is 0. The van der Waals surface area contributed by atoms with Gasteiger partial charge in [-0.1, -0.05) is 31.4 Å². The summed E-state index contributed by atoms with van der Waals surface area (Å²) in [5.74, 6) is 0.513. The maximum Gasteiger partial charge on any atom is 0.0584 e. The van der Waals surface area contributed by atoms with Gasteiger partial charge in [0, 0.05) is 41.2 Å². The molecule has 0 aliphatic heterocycles. The van der Waals surface area contributed by atoms with Crippen molar-refractivity contribution in [3.05, 3.63) is 70.1 Å². The van der Waals surface area contributed by atoms with E-state index in [1.807, 2.05) is 22.7 Å². The fourth-order valence-corrected chi connectivity index (χ4v) is 7.93. The van der Waals surface area contributed by atoms with Gasteiger partial charge in [-0.15, -0.1) is 22.7 Å². The summed E-state index contributed by atoms with van der Waals surface area (Å²) in [6, 6.07) is 14.0. The lowest BCUT2D eigenvalue weighted by atomic mass is 9.94. The van der Waals surface area contributed by atoms with Crippen LogP contribution in [0.15, 0.2) is 47.5 Å². The summed E-state index contributed by atoms with van der Waals surface area (Å²) in [6.45, 7) is 11.1. The summed E-state index contributed by atoms with van der Waals surface area (Å²) >= 11 is 3.95. The number of thiophene rings is 2. The van der Waals surface area contributed by atoms with Crippen LogP contribution in [-0.4, -0.2) is 9.13 Å². The van der Waals surface area contributed by atoms with Crippen LogP contribution in [-0.2, 0) is 14.1 Å². The van der Waals surface area contributed by atoms with Gasteiger partial charge in [-0.3, -0.25) is 0 Å². The van der Waals surface area contributed by atoms with E-state index in [0.717, 1.165) is 6.42 Å². The van der Waals surface area contributed by atoms with E-state index in [1.54, 1.807) is 11.1 Å². The van der Waals surface area contributed by atoms with Gasteiger partial charge in [0.2, 0.25) is 0 Å². The van der Waals surface area contributed by atoms with Gasteiger partial charge in [0.1, 0.15) is 0 Å². The summed E-state index contributed by atoms with van der Waals surface area (Å²) in [5.41, 5.74) is 11.0. The third kappa shape index (κ3) is 4.21. The second-order valence-electron chi connectivity index (χ2n) is 10.1. The van der Waals surface area contributed by atoms with Crippen LogP contribution in [0.2, 0.25) is 0 Å². The maximum atomic E-state index is 2.48. The lowest BCUT2D eigenvalue weighted by molar-refractivity contribution is 0.713. The van der Waals surface area contributed by atoms with Crippen LogP contribution < -0.4 is 0 Å². The monoisotopic (exact) mass is 500 g/mol. The number of hydrogen-bond donors (Lipinski definition) is 0. The Morgan fingerprint density at radius 3 is 1.77 bits per heavy atom. The Labute approximate surface area is 218 Å². The smallest absolute Gasteiger partial charge is 0.0584 e. The summed E-state index contributed by atoms with van der Waals surface area (Å²) in [6.07, 6.45) is 8.08. The average molecular weight is 501 g/mol. The number of hydrogen-bond acceptors (Lipinski definition) is 2. The fraction of sp³-hybridized carbons (Fsp3) is 0.355. The number of nitrogens with zero attached hydrogens (tertiary/aromatic N) is 2. The maximum absolute atomic E-state index is 2.48. The van der Waals surface area contributed by atoms with E-state index in [9.17, 15) is 0 Å². The minimum absolute atomic E-state index is 0.513. The number of fused-ring (bicyclic) bond motifs is 3. The van der Waals surface area contributed by atoms with E-state index in [4.69, 9.17) is 0 Å². The molecule has 4 heteroatoms. The van der Waals surface area contributed by atoms with Gasteiger partial charge in [0.15, 0.2) is 0 Å². The molecule has 0 saturated carbocycles. The Morgan fingerprint density at radius 2 is 1.31 bits per heavy atom. The van der Waals surface area contributed by atoms with Crippen LogP contribution in [0.4, 0.5) is 0 Å². The van der Waals surface area contributed by atoms with Gasteiger partial charge in [0.05, 0.1) is 21.1 Å². The molecule has 1 atom stereocenters. The molecule has 2 nitrogen and oxygen atoms in total. The van der Waals surface area contributed by atoms with E-state index in [1.165, 1.54) is 66.3 Å². The zero-order valence-corrected chi connectivity index (χ0v) is 23.7. The molecule has 4 aromatic heterocycles. The predicted molar refractivity (Wildman–Crippen MR) is 156 cm³/mol. The summed E-state index contributed by atoms with van der Waals surface area (Å²) < 4.78 is 4.69. The fourth-order valence-electron chi connectivity index (χ4n) is 5.19. The molecule has 35 heavy (non-hydrogen) atoms. The van der Waals surface area contributed by atoms with Gasteiger partial charge in [-0.25, -0.2) is 0 Å². The van der Waals surface area contributed by atoms with E-state index in [0.29, 0.717) is 5.92 Å². The standard InChI is InChI=1S/C31H36N2S2/c1-8-10-23-24-17-28(26-13-11-21(32(26)6)15-19(3)4)34-30(24)31-25(23)18-29(35-31)27-14-12-22(33(27)7)16-20(5)9-2/h11-18,23H,8-10H2,1-7H3/b20-16-. The molecule has 0 saturated heterocycles. The Morgan fingerprint density at radius 1 is 0.800 bits per heavy atom. The van der Waals surface area contributed by atoms with Gasteiger partial charge in [-0.2, -0.15) is 0 Å². The Kier molecular flexibility index (Phi) is 6.54. The SMILES string of the molecule is CCCC1c2cc(-c3ccc(C=C(C)C)n3C)sc2-c2sc(-c3ccc(/C=C(/C)CC)n3C)cc21. The van der Waals surface area contributed by atoms with Crippen molar-refractivity contribution in [1.82, 2.24) is 9.13 Å². The second-order valence-corrected chi connectivity index (χ2v) is 12.2. The Bertz CT molecular complexity index is 1440. The number of aromatic nitrogens is 2. The van der Waals surface area contributed by atoms with Crippen molar-refractivity contribution in [2.75, 3.05) is 0 Å². The zero-order valence-electron chi connectivity index (χ0n) is 22.0. The molecular weight excluding hydrogens is 464 g/mol. The van der Waals surface area contributed by atoms with Crippen molar-refractivity contribution >= 4 is 34.8 Å². The van der Waals surface area contributed by atoms with Crippen LogP contribution in [0.3, 0.4) is 0 Å². The molecule has 0 bridgehead atoms. The minimum Gasteiger partial charge on any atom is -0.343 e. The van der Waals surface area contributed by atoms with Crippen molar-refractivity contribution in [1.29, 1.82) is 0 Å². The Hall–Kier alpha value is -2.56. The van der Waals surface area contributed by atoms with Crippen LogP contribution in [0.1, 0.15) is 82.3 Å². The van der Waals surface area contributed by atoms with Crippen LogP contribution in [0, 0.1) is 0 Å². The van der Waals surface area contributed by atoms with Crippen molar-refractivity contribution in [2.45, 2.75) is 59.8 Å². The van der Waals surface area contributed by atoms with Gasteiger partial charge in [0.25, 0.3) is 0 Å². The number of allylic oxidation sites excluding steroid dienone is 2. The van der Waals surface area contributed by atoms with Crippen molar-refractivity contribution in [2.24, 2.45) is 14.1 Å². The minimum atomic E-state index is 0.513. The first-order chi connectivity index (χ1) is 16.8. The van der Waals surface area contributed by atoms with E-state index < -0.39 is 0 Å². The molecule has 5 rings (SSSR count). The number of rotatable bonds is 7. The van der Waals surface area contributed by atoms with Gasteiger partial charge < -0.3 is 9.13 Å². The average Bonchev–Trinajstić information content (AvgIpc) is 3.61. The van der Waals surface area contributed by atoms with Crippen LogP contribution in [0.5, 0.6) is 0 Å². The molecule has 0 spiro atoms. The van der Waals surface area contributed by atoms with Crippen LogP contribution >= 0.6 is 22.7 Å². The molecule has 0 aromatic carbocycles. The topological polar surface area (TPSA) is 9.86 Å². The predicted octanol–water partition coefficient (Wildman–Crippen LogP) is 9.97. The normalized spacial score (nSPS) is 14.9. The molecule has 182 valence electrons. The zero-order chi connectivity index (χ0) is 24.9. The van der Waals surface area contributed by atoms with E-state index in [2.05, 4.69) is 106 Å². The molecule has 0 amide bonds. The Balaban J connectivity index is 1.56. The highest BCUT2D eigenvalue weighted by Gasteiger charge is 2.33.